The van der Waals surface area contributed by atoms with Gasteiger partial charge in [0.15, 0.2) is 5.60 Å². The zero-order valence-electron chi connectivity index (χ0n) is 8.93. The molecule has 1 unspecified atom stereocenters. The Balaban J connectivity index is 3.32. The maximum atomic E-state index is 11.2. The first-order valence-corrected chi connectivity index (χ1v) is 4.51. The van der Waals surface area contributed by atoms with Crippen molar-refractivity contribution in [3.05, 3.63) is 24.3 Å². The number of aliphatic carboxylic acids is 1. The van der Waals surface area contributed by atoms with Gasteiger partial charge in [0.1, 0.15) is 6.33 Å². The van der Waals surface area contributed by atoms with E-state index in [0.717, 1.165) is 0 Å². The highest BCUT2D eigenvalue weighted by molar-refractivity contribution is 5.79. The standard InChI is InChI=1S/C10H14N2O3/c1-9(2,3)10(15,8(13)14)7-4-11-6-12-5-7/h4-6,15H,1-3H3,(H,13,14). The van der Waals surface area contributed by atoms with Crippen molar-refractivity contribution in [2.75, 3.05) is 0 Å². The smallest absolute Gasteiger partial charge is 0.341 e. The molecule has 0 aliphatic heterocycles. The molecule has 0 aromatic carbocycles. The number of carboxylic acids is 1. The highest BCUT2D eigenvalue weighted by Gasteiger charge is 2.49. The van der Waals surface area contributed by atoms with Gasteiger partial charge in [0.05, 0.1) is 0 Å². The largest absolute Gasteiger partial charge is 0.479 e. The zero-order valence-corrected chi connectivity index (χ0v) is 8.93. The van der Waals surface area contributed by atoms with Gasteiger partial charge >= 0.3 is 5.97 Å². The second kappa shape index (κ2) is 3.58. The van der Waals surface area contributed by atoms with Gasteiger partial charge < -0.3 is 10.2 Å². The summed E-state index contributed by atoms with van der Waals surface area (Å²) in [6, 6.07) is 0. The van der Waals surface area contributed by atoms with E-state index in [1.165, 1.54) is 18.7 Å². The fourth-order valence-corrected chi connectivity index (χ4v) is 1.36. The molecule has 1 heterocycles. The van der Waals surface area contributed by atoms with Crippen LogP contribution in [0.3, 0.4) is 0 Å². The average molecular weight is 210 g/mol. The number of hydrogen-bond donors (Lipinski definition) is 2. The Morgan fingerprint density at radius 2 is 1.73 bits per heavy atom. The molecule has 0 saturated carbocycles. The lowest BCUT2D eigenvalue weighted by atomic mass is 9.73. The Morgan fingerprint density at radius 3 is 2.07 bits per heavy atom. The van der Waals surface area contributed by atoms with E-state index in [9.17, 15) is 9.90 Å². The van der Waals surface area contributed by atoms with E-state index in [2.05, 4.69) is 9.97 Å². The molecule has 0 spiro atoms. The number of aromatic nitrogens is 2. The second-order valence-corrected chi connectivity index (χ2v) is 4.39. The SMILES string of the molecule is CC(C)(C)C(O)(C(=O)O)c1cncnc1. The van der Waals surface area contributed by atoms with Crippen LogP contribution in [0, 0.1) is 5.41 Å². The monoisotopic (exact) mass is 210 g/mol. The molecule has 15 heavy (non-hydrogen) atoms. The van der Waals surface area contributed by atoms with E-state index in [4.69, 9.17) is 5.11 Å². The van der Waals surface area contributed by atoms with Crippen molar-refractivity contribution >= 4 is 5.97 Å². The van der Waals surface area contributed by atoms with E-state index in [1.54, 1.807) is 20.8 Å². The van der Waals surface area contributed by atoms with Gasteiger partial charge in [0, 0.05) is 23.4 Å². The maximum absolute atomic E-state index is 11.2. The summed E-state index contributed by atoms with van der Waals surface area (Å²) >= 11 is 0. The normalized spacial score (nSPS) is 15.7. The maximum Gasteiger partial charge on any atom is 0.341 e. The van der Waals surface area contributed by atoms with Gasteiger partial charge in [-0.3, -0.25) is 0 Å². The number of carboxylic acid groups (broad SMARTS) is 1. The summed E-state index contributed by atoms with van der Waals surface area (Å²) in [5.74, 6) is -1.30. The third-order valence-electron chi connectivity index (χ3n) is 2.37. The molecule has 0 fully saturated rings. The highest BCUT2D eigenvalue weighted by Crippen LogP contribution is 2.38. The van der Waals surface area contributed by atoms with Gasteiger partial charge in [0.25, 0.3) is 0 Å². The van der Waals surface area contributed by atoms with Crippen LogP contribution in [0.25, 0.3) is 0 Å². The fraction of sp³-hybridized carbons (Fsp3) is 0.500. The minimum Gasteiger partial charge on any atom is -0.479 e. The van der Waals surface area contributed by atoms with E-state index in [1.807, 2.05) is 0 Å². The topological polar surface area (TPSA) is 83.3 Å². The van der Waals surface area contributed by atoms with Gasteiger partial charge in [-0.15, -0.1) is 0 Å². The first kappa shape index (κ1) is 11.6. The van der Waals surface area contributed by atoms with Crippen LogP contribution < -0.4 is 0 Å². The predicted octanol–water partition coefficient (Wildman–Crippen LogP) is 0.795. The number of rotatable bonds is 2. The van der Waals surface area contributed by atoms with Crippen molar-refractivity contribution in [2.24, 2.45) is 5.41 Å². The van der Waals surface area contributed by atoms with E-state index in [-0.39, 0.29) is 5.56 Å². The number of hydrogen-bond acceptors (Lipinski definition) is 4. The lowest BCUT2D eigenvalue weighted by molar-refractivity contribution is -0.173. The van der Waals surface area contributed by atoms with Crippen LogP contribution in [0.1, 0.15) is 26.3 Å². The summed E-state index contributed by atoms with van der Waals surface area (Å²) in [6.45, 7) is 4.94. The minimum atomic E-state index is -1.98. The number of aliphatic hydroxyl groups is 1. The number of nitrogens with zero attached hydrogens (tertiary/aromatic N) is 2. The van der Waals surface area contributed by atoms with Crippen molar-refractivity contribution in [3.63, 3.8) is 0 Å². The summed E-state index contributed by atoms with van der Waals surface area (Å²) < 4.78 is 0. The Hall–Kier alpha value is -1.49. The summed E-state index contributed by atoms with van der Waals surface area (Å²) in [7, 11) is 0. The molecular weight excluding hydrogens is 196 g/mol. The molecule has 0 saturated heterocycles. The van der Waals surface area contributed by atoms with Crippen molar-refractivity contribution < 1.29 is 15.0 Å². The Labute approximate surface area is 87.8 Å². The van der Waals surface area contributed by atoms with Crippen LogP contribution in [-0.2, 0) is 10.4 Å². The predicted molar refractivity (Wildman–Crippen MR) is 53.0 cm³/mol. The lowest BCUT2D eigenvalue weighted by Gasteiger charge is -2.36. The molecule has 1 aromatic rings. The van der Waals surface area contributed by atoms with Gasteiger partial charge in [-0.05, 0) is 0 Å². The van der Waals surface area contributed by atoms with Crippen molar-refractivity contribution in [2.45, 2.75) is 26.4 Å². The van der Waals surface area contributed by atoms with E-state index in [0.29, 0.717) is 0 Å². The summed E-state index contributed by atoms with van der Waals surface area (Å²) in [5, 5.41) is 19.3. The Morgan fingerprint density at radius 1 is 1.27 bits per heavy atom. The summed E-state index contributed by atoms with van der Waals surface area (Å²) in [5.41, 5.74) is -2.64. The number of carbonyl (C=O) groups is 1. The molecule has 5 nitrogen and oxygen atoms in total. The molecular formula is C10H14N2O3. The van der Waals surface area contributed by atoms with Crippen LogP contribution in [0.15, 0.2) is 18.7 Å². The Bertz CT molecular complexity index is 359. The van der Waals surface area contributed by atoms with Crippen LogP contribution in [0.5, 0.6) is 0 Å². The third-order valence-corrected chi connectivity index (χ3v) is 2.37. The van der Waals surface area contributed by atoms with E-state index < -0.39 is 17.0 Å². The molecule has 82 valence electrons. The van der Waals surface area contributed by atoms with Crippen LogP contribution in [0.2, 0.25) is 0 Å². The van der Waals surface area contributed by atoms with Crippen molar-refractivity contribution in [1.29, 1.82) is 0 Å². The molecule has 5 heteroatoms. The fourth-order valence-electron chi connectivity index (χ4n) is 1.36. The quantitative estimate of drug-likeness (QED) is 0.754. The lowest BCUT2D eigenvalue weighted by Crippen LogP contribution is -2.47. The third kappa shape index (κ3) is 1.83. The van der Waals surface area contributed by atoms with Crippen molar-refractivity contribution in [1.82, 2.24) is 9.97 Å². The zero-order chi connectivity index (χ0) is 11.7. The average Bonchev–Trinajstić information content (AvgIpc) is 2.16. The molecule has 0 bridgehead atoms. The summed E-state index contributed by atoms with van der Waals surface area (Å²) in [6.07, 6.45) is 3.91. The molecule has 1 aromatic heterocycles. The van der Waals surface area contributed by atoms with Crippen LogP contribution in [-0.4, -0.2) is 26.2 Å². The van der Waals surface area contributed by atoms with Gasteiger partial charge in [-0.25, -0.2) is 14.8 Å². The van der Waals surface area contributed by atoms with Crippen LogP contribution in [0.4, 0.5) is 0 Å². The van der Waals surface area contributed by atoms with Crippen molar-refractivity contribution in [3.8, 4) is 0 Å². The van der Waals surface area contributed by atoms with Gasteiger partial charge in [0.2, 0.25) is 0 Å². The molecule has 1 rings (SSSR count). The molecule has 0 radical (unpaired) electrons. The molecule has 0 amide bonds. The highest BCUT2D eigenvalue weighted by atomic mass is 16.4. The van der Waals surface area contributed by atoms with Gasteiger partial charge in [-0.1, -0.05) is 20.8 Å². The van der Waals surface area contributed by atoms with E-state index >= 15 is 0 Å². The Kier molecular flexibility index (Phi) is 2.77. The van der Waals surface area contributed by atoms with Crippen LogP contribution >= 0.6 is 0 Å². The second-order valence-electron chi connectivity index (χ2n) is 4.39. The molecule has 0 aliphatic carbocycles. The molecule has 2 N–H and O–H groups in total. The van der Waals surface area contributed by atoms with Gasteiger partial charge in [-0.2, -0.15) is 0 Å². The molecule has 1 atom stereocenters. The molecule has 0 aliphatic rings. The minimum absolute atomic E-state index is 0.185. The first-order valence-electron chi connectivity index (χ1n) is 4.51. The first-order chi connectivity index (χ1) is 6.80. The summed E-state index contributed by atoms with van der Waals surface area (Å²) in [4.78, 5) is 18.6.